The predicted molar refractivity (Wildman–Crippen MR) is 156 cm³/mol. The van der Waals surface area contributed by atoms with Gasteiger partial charge in [-0.15, -0.1) is 0 Å². The number of ether oxygens (including phenoxy) is 2. The molecule has 0 unspecified atom stereocenters. The Hall–Kier alpha value is -4.97. The summed E-state index contributed by atoms with van der Waals surface area (Å²) in [4.78, 5) is 46.2. The quantitative estimate of drug-likeness (QED) is 0.227. The van der Waals surface area contributed by atoms with Gasteiger partial charge in [0, 0.05) is 28.3 Å². The van der Waals surface area contributed by atoms with E-state index in [1.165, 1.54) is 0 Å². The molecule has 0 saturated carbocycles. The predicted octanol–water partition coefficient (Wildman–Crippen LogP) is 6.02. The summed E-state index contributed by atoms with van der Waals surface area (Å²) >= 11 is 0. The van der Waals surface area contributed by atoms with Gasteiger partial charge in [0.15, 0.2) is 17.3 Å². The molecule has 0 N–H and O–H groups in total. The first-order valence-electron chi connectivity index (χ1n) is 13.6. The highest BCUT2D eigenvalue weighted by molar-refractivity contribution is 6.32. The third-order valence-corrected chi connectivity index (χ3v) is 8.79. The Balaban J connectivity index is 1.55. The molecule has 7 rings (SSSR count). The molecular formula is C35H27NO5. The van der Waals surface area contributed by atoms with Crippen molar-refractivity contribution < 1.29 is 23.9 Å². The molecule has 0 amide bonds. The maximum absolute atomic E-state index is 14.8. The summed E-state index contributed by atoms with van der Waals surface area (Å²) in [6.45, 7) is 0. The zero-order valence-corrected chi connectivity index (χ0v) is 22.6. The summed E-state index contributed by atoms with van der Waals surface area (Å²) < 4.78 is 11.0. The van der Waals surface area contributed by atoms with Crippen LogP contribution in [-0.4, -0.2) is 43.7 Å². The van der Waals surface area contributed by atoms with Gasteiger partial charge in [0.2, 0.25) is 0 Å². The molecule has 4 aromatic carbocycles. The number of fused-ring (bicyclic) bond motifs is 5. The number of hydrogen-bond acceptors (Lipinski definition) is 6. The van der Waals surface area contributed by atoms with Gasteiger partial charge >= 0.3 is 0 Å². The molecule has 41 heavy (non-hydrogen) atoms. The molecule has 3 atom stereocenters. The third-order valence-electron chi connectivity index (χ3n) is 8.79. The lowest BCUT2D eigenvalue weighted by Gasteiger charge is -2.37. The van der Waals surface area contributed by atoms with Crippen LogP contribution in [0, 0.1) is 5.41 Å². The first-order chi connectivity index (χ1) is 20.0. The van der Waals surface area contributed by atoms with Crippen LogP contribution >= 0.6 is 0 Å². The normalized spacial score (nSPS) is 21.4. The molecule has 0 aromatic heterocycles. The monoisotopic (exact) mass is 541 g/mol. The van der Waals surface area contributed by atoms with Crippen molar-refractivity contribution in [3.63, 3.8) is 0 Å². The molecule has 1 saturated heterocycles. The number of rotatable bonds is 5. The molecular weight excluding hydrogens is 514 g/mol. The number of hydrogen-bond donors (Lipinski definition) is 0. The minimum Gasteiger partial charge on any atom is -0.497 e. The molecule has 1 fully saturated rings. The van der Waals surface area contributed by atoms with E-state index in [0.717, 1.165) is 11.3 Å². The zero-order valence-electron chi connectivity index (χ0n) is 22.6. The van der Waals surface area contributed by atoms with E-state index >= 15 is 0 Å². The highest BCUT2D eigenvalue weighted by Gasteiger charge is 2.71. The molecule has 2 aliphatic heterocycles. The third kappa shape index (κ3) is 3.40. The fraction of sp³-hybridized carbons (Fsp3) is 0.171. The number of anilines is 1. The molecule has 3 aliphatic rings. The van der Waals surface area contributed by atoms with E-state index in [9.17, 15) is 14.4 Å². The Morgan fingerprint density at radius 1 is 0.756 bits per heavy atom. The van der Waals surface area contributed by atoms with Crippen LogP contribution in [0.25, 0.3) is 6.08 Å². The lowest BCUT2D eigenvalue weighted by molar-refractivity contribution is 0.0665. The van der Waals surface area contributed by atoms with Crippen molar-refractivity contribution >= 4 is 29.1 Å². The number of ketones is 3. The Morgan fingerprint density at radius 2 is 1.39 bits per heavy atom. The van der Waals surface area contributed by atoms with Crippen molar-refractivity contribution in [2.75, 3.05) is 19.1 Å². The van der Waals surface area contributed by atoms with Gasteiger partial charge in [-0.3, -0.25) is 14.4 Å². The average Bonchev–Trinajstić information content (AvgIpc) is 3.47. The highest BCUT2D eigenvalue weighted by atomic mass is 16.5. The standard InChI is InChI=1S/C35H27NO5/c1-40-24-12-7-10-22(19-24)30-31(32(37)23-11-8-13-25(20-23)41-2)36-28-16-6-3-9-21(28)17-18-29(36)35(30)33(38)26-14-4-5-15-27(26)34(35)39/h3-20,29-31H,1-2H3/t29-,30+,31+/m0/s1. The van der Waals surface area contributed by atoms with Crippen molar-refractivity contribution in [1.82, 2.24) is 0 Å². The second-order valence-electron chi connectivity index (χ2n) is 10.6. The van der Waals surface area contributed by atoms with E-state index in [1.54, 1.807) is 62.8 Å². The van der Waals surface area contributed by atoms with Crippen LogP contribution < -0.4 is 14.4 Å². The molecule has 6 nitrogen and oxygen atoms in total. The SMILES string of the molecule is COc1cccc(C(=O)[C@H]2[C@@H](c3cccc(OC)c3)C3(C(=O)c4ccccc4C3=O)[C@@H]3C=Cc4ccccc4N32)c1. The zero-order chi connectivity index (χ0) is 28.3. The number of Topliss-reactive ketones (excluding diaryl/α,β-unsaturated/α-hetero) is 3. The summed E-state index contributed by atoms with van der Waals surface area (Å²) in [6, 6.07) is 27.7. The van der Waals surface area contributed by atoms with E-state index in [2.05, 4.69) is 0 Å². The van der Waals surface area contributed by atoms with Gasteiger partial charge < -0.3 is 14.4 Å². The van der Waals surface area contributed by atoms with Crippen LogP contribution in [0.2, 0.25) is 0 Å². The summed E-state index contributed by atoms with van der Waals surface area (Å²) in [5.41, 5.74) is 2.10. The van der Waals surface area contributed by atoms with E-state index < -0.39 is 23.4 Å². The van der Waals surface area contributed by atoms with Gasteiger partial charge in [0.25, 0.3) is 0 Å². The fourth-order valence-electron chi connectivity index (χ4n) is 7.07. The molecule has 6 heteroatoms. The van der Waals surface area contributed by atoms with Crippen LogP contribution in [0.5, 0.6) is 11.5 Å². The number of benzene rings is 4. The van der Waals surface area contributed by atoms with Crippen molar-refractivity contribution in [1.29, 1.82) is 0 Å². The summed E-state index contributed by atoms with van der Waals surface area (Å²) in [5, 5.41) is 0. The molecule has 1 aliphatic carbocycles. The first kappa shape index (κ1) is 25.0. The van der Waals surface area contributed by atoms with Crippen LogP contribution in [0.3, 0.4) is 0 Å². The van der Waals surface area contributed by atoms with Crippen molar-refractivity contribution in [2.24, 2.45) is 5.41 Å². The molecule has 0 bridgehead atoms. The Bertz CT molecular complexity index is 1740. The Morgan fingerprint density at radius 3 is 2.10 bits per heavy atom. The smallest absolute Gasteiger partial charge is 0.186 e. The van der Waals surface area contributed by atoms with Gasteiger partial charge in [-0.05, 0) is 41.5 Å². The topological polar surface area (TPSA) is 72.9 Å². The van der Waals surface area contributed by atoms with Crippen molar-refractivity contribution in [2.45, 2.75) is 18.0 Å². The van der Waals surface area contributed by atoms with E-state index in [0.29, 0.717) is 33.8 Å². The van der Waals surface area contributed by atoms with Gasteiger partial charge in [-0.2, -0.15) is 0 Å². The summed E-state index contributed by atoms with van der Waals surface area (Å²) in [7, 11) is 3.13. The molecule has 0 radical (unpaired) electrons. The second-order valence-corrected chi connectivity index (χ2v) is 10.6. The van der Waals surface area contributed by atoms with Gasteiger partial charge in [0.1, 0.15) is 23.0 Å². The lowest BCUT2D eigenvalue weighted by atomic mass is 9.64. The first-order valence-corrected chi connectivity index (χ1v) is 13.6. The minimum atomic E-state index is -1.56. The maximum atomic E-state index is 14.8. The fourth-order valence-corrected chi connectivity index (χ4v) is 7.07. The Labute approximate surface area is 237 Å². The second kappa shape index (κ2) is 9.30. The number of nitrogens with zero attached hydrogens (tertiary/aromatic N) is 1. The van der Waals surface area contributed by atoms with Crippen LogP contribution in [0.15, 0.2) is 103 Å². The number of carbonyl (C=O) groups is 3. The summed E-state index contributed by atoms with van der Waals surface area (Å²) in [6.07, 6.45) is 3.89. The van der Waals surface area contributed by atoms with Crippen LogP contribution in [0.1, 0.15) is 48.1 Å². The number of methoxy groups -OCH3 is 2. The molecule has 202 valence electrons. The molecule has 2 heterocycles. The highest BCUT2D eigenvalue weighted by Crippen LogP contribution is 2.61. The van der Waals surface area contributed by atoms with Gasteiger partial charge in [-0.25, -0.2) is 0 Å². The lowest BCUT2D eigenvalue weighted by Crippen LogP contribution is -2.48. The van der Waals surface area contributed by atoms with Crippen molar-refractivity contribution in [3.8, 4) is 11.5 Å². The van der Waals surface area contributed by atoms with Crippen LogP contribution in [-0.2, 0) is 0 Å². The van der Waals surface area contributed by atoms with Gasteiger partial charge in [-0.1, -0.05) is 78.9 Å². The minimum absolute atomic E-state index is 0.194. The number of para-hydroxylation sites is 1. The van der Waals surface area contributed by atoms with Crippen LogP contribution in [0.4, 0.5) is 5.69 Å². The van der Waals surface area contributed by atoms with E-state index in [1.807, 2.05) is 65.6 Å². The Kier molecular flexibility index (Phi) is 5.68. The molecule has 1 spiro atoms. The maximum Gasteiger partial charge on any atom is 0.186 e. The summed E-state index contributed by atoms with van der Waals surface area (Å²) in [5.74, 6) is -0.375. The van der Waals surface area contributed by atoms with E-state index in [-0.39, 0.29) is 17.3 Å². The number of carbonyl (C=O) groups excluding carboxylic acids is 3. The largest absolute Gasteiger partial charge is 0.497 e. The molecule has 4 aromatic rings. The van der Waals surface area contributed by atoms with E-state index in [4.69, 9.17) is 9.47 Å². The van der Waals surface area contributed by atoms with Gasteiger partial charge in [0.05, 0.1) is 20.3 Å². The van der Waals surface area contributed by atoms with Crippen molar-refractivity contribution in [3.05, 3.63) is 131 Å². The average molecular weight is 542 g/mol.